The molecule has 0 amide bonds. The largest absolute Gasteiger partial charge is 0.316 e. The van der Waals surface area contributed by atoms with E-state index in [1.54, 1.807) is 7.05 Å². The minimum absolute atomic E-state index is 0.0454. The van der Waals surface area contributed by atoms with Crippen molar-refractivity contribution in [1.82, 2.24) is 25.1 Å². The maximum atomic E-state index is 12.4. The molecule has 0 saturated heterocycles. The standard InChI is InChI=1S/C12H23N5O2S/c1-13-7-10-8-14-16-11(10)20(18,19)15-9-12(17(2)3)5-4-6-12/h8,13,15H,4-7,9H2,1-3H3,(H,14,16). The van der Waals surface area contributed by atoms with Crippen molar-refractivity contribution in [2.24, 2.45) is 0 Å². The van der Waals surface area contributed by atoms with E-state index >= 15 is 0 Å². The number of likely N-dealkylation sites (N-methyl/N-ethyl adjacent to an activating group) is 1. The molecule has 1 heterocycles. The fourth-order valence-electron chi connectivity index (χ4n) is 2.52. The van der Waals surface area contributed by atoms with Crippen LogP contribution in [0.5, 0.6) is 0 Å². The number of nitrogens with zero attached hydrogens (tertiary/aromatic N) is 2. The minimum Gasteiger partial charge on any atom is -0.316 e. The van der Waals surface area contributed by atoms with E-state index < -0.39 is 10.0 Å². The third-order valence-electron chi connectivity index (χ3n) is 4.14. The van der Waals surface area contributed by atoms with Crippen LogP contribution >= 0.6 is 0 Å². The van der Waals surface area contributed by atoms with Crippen molar-refractivity contribution in [3.05, 3.63) is 11.8 Å². The molecule has 1 aliphatic carbocycles. The van der Waals surface area contributed by atoms with Crippen molar-refractivity contribution in [2.75, 3.05) is 27.7 Å². The van der Waals surface area contributed by atoms with Crippen LogP contribution in [-0.2, 0) is 16.6 Å². The van der Waals surface area contributed by atoms with Gasteiger partial charge in [0, 0.05) is 24.2 Å². The van der Waals surface area contributed by atoms with Gasteiger partial charge in [-0.3, -0.25) is 5.10 Å². The van der Waals surface area contributed by atoms with Gasteiger partial charge in [0.05, 0.1) is 6.20 Å². The number of nitrogens with one attached hydrogen (secondary N) is 3. The first-order valence-electron chi connectivity index (χ1n) is 6.75. The summed E-state index contributed by atoms with van der Waals surface area (Å²) in [7, 11) is 2.21. The lowest BCUT2D eigenvalue weighted by Crippen LogP contribution is -2.57. The highest BCUT2D eigenvalue weighted by atomic mass is 32.2. The quantitative estimate of drug-likeness (QED) is 0.654. The van der Waals surface area contributed by atoms with Crippen LogP contribution in [0.15, 0.2) is 11.2 Å². The van der Waals surface area contributed by atoms with Crippen LogP contribution in [0.2, 0.25) is 0 Å². The van der Waals surface area contributed by atoms with Crippen LogP contribution in [-0.4, -0.2) is 56.7 Å². The summed E-state index contributed by atoms with van der Waals surface area (Å²) in [6.07, 6.45) is 4.73. The highest BCUT2D eigenvalue weighted by molar-refractivity contribution is 7.89. The van der Waals surface area contributed by atoms with Crippen LogP contribution in [0, 0.1) is 0 Å². The summed E-state index contributed by atoms with van der Waals surface area (Å²) < 4.78 is 27.5. The first-order valence-corrected chi connectivity index (χ1v) is 8.23. The summed E-state index contributed by atoms with van der Waals surface area (Å²) in [4.78, 5) is 2.11. The van der Waals surface area contributed by atoms with E-state index in [9.17, 15) is 8.42 Å². The molecule has 0 bridgehead atoms. The van der Waals surface area contributed by atoms with Gasteiger partial charge in [0.1, 0.15) is 0 Å². The average Bonchev–Trinajstić information content (AvgIpc) is 2.76. The molecule has 0 aliphatic heterocycles. The second-order valence-corrected chi connectivity index (χ2v) is 7.26. The molecule has 1 fully saturated rings. The predicted molar refractivity (Wildman–Crippen MR) is 76.8 cm³/mol. The summed E-state index contributed by atoms with van der Waals surface area (Å²) in [6.45, 7) is 0.895. The van der Waals surface area contributed by atoms with Crippen molar-refractivity contribution in [3.63, 3.8) is 0 Å². The number of sulfonamides is 1. The highest BCUT2D eigenvalue weighted by Gasteiger charge is 2.40. The Balaban J connectivity index is 2.09. The number of hydrogen-bond donors (Lipinski definition) is 3. The maximum absolute atomic E-state index is 12.4. The Morgan fingerprint density at radius 2 is 2.15 bits per heavy atom. The van der Waals surface area contributed by atoms with Crippen LogP contribution in [0.1, 0.15) is 24.8 Å². The second kappa shape index (κ2) is 5.80. The van der Waals surface area contributed by atoms with Crippen molar-refractivity contribution in [1.29, 1.82) is 0 Å². The second-order valence-electron chi connectivity index (χ2n) is 5.55. The normalized spacial score (nSPS) is 18.2. The van der Waals surface area contributed by atoms with E-state index in [2.05, 4.69) is 25.1 Å². The molecule has 1 saturated carbocycles. The lowest BCUT2D eigenvalue weighted by molar-refractivity contribution is 0.0656. The van der Waals surface area contributed by atoms with E-state index in [1.165, 1.54) is 6.20 Å². The Morgan fingerprint density at radius 1 is 1.45 bits per heavy atom. The van der Waals surface area contributed by atoms with Crippen molar-refractivity contribution in [2.45, 2.75) is 36.4 Å². The van der Waals surface area contributed by atoms with Gasteiger partial charge in [-0.1, -0.05) is 0 Å². The molecule has 1 aliphatic rings. The van der Waals surface area contributed by atoms with Crippen molar-refractivity contribution < 1.29 is 8.42 Å². The van der Waals surface area contributed by atoms with Crippen LogP contribution in [0.3, 0.4) is 0 Å². The van der Waals surface area contributed by atoms with E-state index in [1.807, 2.05) is 14.1 Å². The highest BCUT2D eigenvalue weighted by Crippen LogP contribution is 2.35. The molecular formula is C12H23N5O2S. The molecule has 2 rings (SSSR count). The third-order valence-corrected chi connectivity index (χ3v) is 5.55. The van der Waals surface area contributed by atoms with Gasteiger partial charge >= 0.3 is 0 Å². The molecule has 0 unspecified atom stereocenters. The topological polar surface area (TPSA) is 90.1 Å². The first kappa shape index (κ1) is 15.4. The molecule has 20 heavy (non-hydrogen) atoms. The molecule has 0 atom stereocenters. The first-order chi connectivity index (χ1) is 9.41. The molecule has 0 spiro atoms. The summed E-state index contributed by atoms with van der Waals surface area (Å²) in [5.74, 6) is 0. The monoisotopic (exact) mass is 301 g/mol. The Labute approximate surface area is 120 Å². The Morgan fingerprint density at radius 3 is 2.65 bits per heavy atom. The lowest BCUT2D eigenvalue weighted by Gasteiger charge is -2.47. The summed E-state index contributed by atoms with van der Waals surface area (Å²) in [5.41, 5.74) is 0.600. The molecule has 1 aromatic heterocycles. The van der Waals surface area contributed by atoms with Gasteiger partial charge in [0.2, 0.25) is 0 Å². The zero-order chi connectivity index (χ0) is 14.8. The van der Waals surface area contributed by atoms with Crippen molar-refractivity contribution in [3.8, 4) is 0 Å². The number of aromatic amines is 1. The van der Waals surface area contributed by atoms with Gasteiger partial charge in [-0.25, -0.2) is 13.1 Å². The molecule has 8 heteroatoms. The van der Waals surface area contributed by atoms with Gasteiger partial charge in [-0.05, 0) is 40.4 Å². The van der Waals surface area contributed by atoms with Gasteiger partial charge in [0.25, 0.3) is 10.0 Å². The van der Waals surface area contributed by atoms with Gasteiger partial charge in [0.15, 0.2) is 5.03 Å². The summed E-state index contributed by atoms with van der Waals surface area (Å²) in [6, 6.07) is 0. The van der Waals surface area contributed by atoms with E-state index in [0.717, 1.165) is 19.3 Å². The smallest absolute Gasteiger partial charge is 0.257 e. The van der Waals surface area contributed by atoms with E-state index in [0.29, 0.717) is 18.7 Å². The third kappa shape index (κ3) is 2.88. The van der Waals surface area contributed by atoms with Gasteiger partial charge in [-0.2, -0.15) is 5.10 Å². The summed E-state index contributed by atoms with van der Waals surface area (Å²) >= 11 is 0. The predicted octanol–water partition coefficient (Wildman–Crippen LogP) is -0.108. The van der Waals surface area contributed by atoms with Gasteiger partial charge < -0.3 is 10.2 Å². The molecule has 0 radical (unpaired) electrons. The fraction of sp³-hybridized carbons (Fsp3) is 0.750. The van der Waals surface area contributed by atoms with Crippen LogP contribution in [0.4, 0.5) is 0 Å². The molecule has 3 N–H and O–H groups in total. The molecule has 114 valence electrons. The Bertz CT molecular complexity index is 548. The zero-order valence-corrected chi connectivity index (χ0v) is 13.0. The number of aromatic nitrogens is 2. The van der Waals surface area contributed by atoms with Crippen LogP contribution in [0.25, 0.3) is 0 Å². The number of H-pyrrole nitrogens is 1. The molecule has 1 aromatic rings. The number of rotatable bonds is 7. The van der Waals surface area contributed by atoms with E-state index in [-0.39, 0.29) is 10.6 Å². The Hall–Kier alpha value is -0.960. The summed E-state index contributed by atoms with van der Waals surface area (Å²) in [5, 5.41) is 9.49. The maximum Gasteiger partial charge on any atom is 0.257 e. The molecule has 7 nitrogen and oxygen atoms in total. The fourth-order valence-corrected chi connectivity index (χ4v) is 3.76. The van der Waals surface area contributed by atoms with E-state index in [4.69, 9.17) is 0 Å². The zero-order valence-electron chi connectivity index (χ0n) is 12.2. The van der Waals surface area contributed by atoms with Crippen LogP contribution < -0.4 is 10.0 Å². The Kier molecular flexibility index (Phi) is 4.48. The number of hydrogen-bond acceptors (Lipinski definition) is 5. The average molecular weight is 301 g/mol. The molecular weight excluding hydrogens is 278 g/mol. The van der Waals surface area contributed by atoms with Crippen molar-refractivity contribution >= 4 is 10.0 Å². The molecule has 0 aromatic carbocycles. The van der Waals surface area contributed by atoms with Gasteiger partial charge in [-0.15, -0.1) is 0 Å². The SMILES string of the molecule is CNCc1cn[nH]c1S(=O)(=O)NCC1(N(C)C)CCC1. The lowest BCUT2D eigenvalue weighted by atomic mass is 9.76. The minimum atomic E-state index is -3.55.